The lowest BCUT2D eigenvalue weighted by molar-refractivity contribution is 0.266. The lowest BCUT2D eigenvalue weighted by Crippen LogP contribution is -2.22. The summed E-state index contributed by atoms with van der Waals surface area (Å²) in [6.45, 7) is -0.0392. The van der Waals surface area contributed by atoms with E-state index in [1.807, 2.05) is 0 Å². The first-order valence-corrected chi connectivity index (χ1v) is 4.64. The first-order chi connectivity index (χ1) is 4.48. The van der Waals surface area contributed by atoms with E-state index >= 15 is 0 Å². The van der Waals surface area contributed by atoms with E-state index in [2.05, 4.69) is 0 Å². The van der Waals surface area contributed by atoms with Gasteiger partial charge in [0.15, 0.2) is 0 Å². The molecule has 0 aromatic rings. The number of thioether (sulfide) groups is 1. The molecule has 0 heterocycles. The van der Waals surface area contributed by atoms with Gasteiger partial charge >= 0.3 is 0 Å². The molecule has 6 heteroatoms. The molecule has 0 saturated carbocycles. The van der Waals surface area contributed by atoms with Crippen LogP contribution in [0, 0.1) is 0 Å². The fourth-order valence-electron chi connectivity index (χ4n) is 0.259. The molecule has 0 saturated heterocycles. The number of alkyl halides is 3. The molecule has 0 radical (unpaired) electrons. The van der Waals surface area contributed by atoms with Crippen molar-refractivity contribution in [2.45, 2.75) is 9.23 Å². The molecule has 2 N–H and O–H groups in total. The molecule has 0 amide bonds. The standard InChI is InChI=1S/C4H7Cl3O2S/c5-4(6,7)3(9)10-2-1-8/h3,8-9H,1-2H2. The zero-order valence-corrected chi connectivity index (χ0v) is 8.01. The van der Waals surface area contributed by atoms with Gasteiger partial charge in [-0.1, -0.05) is 34.8 Å². The molecule has 0 aliphatic rings. The highest BCUT2D eigenvalue weighted by Gasteiger charge is 2.30. The molecule has 10 heavy (non-hydrogen) atoms. The van der Waals surface area contributed by atoms with Crippen LogP contribution in [0.15, 0.2) is 0 Å². The Morgan fingerprint density at radius 3 is 2.20 bits per heavy atom. The van der Waals surface area contributed by atoms with Gasteiger partial charge in [0, 0.05) is 5.75 Å². The Labute approximate surface area is 78.5 Å². The zero-order valence-electron chi connectivity index (χ0n) is 4.93. The van der Waals surface area contributed by atoms with Crippen LogP contribution in [-0.4, -0.2) is 31.8 Å². The van der Waals surface area contributed by atoms with Crippen LogP contribution in [0.1, 0.15) is 0 Å². The minimum atomic E-state index is -1.67. The highest BCUT2D eigenvalue weighted by molar-refractivity contribution is 8.00. The number of aliphatic hydroxyl groups excluding tert-OH is 2. The number of hydrogen-bond acceptors (Lipinski definition) is 3. The van der Waals surface area contributed by atoms with Crippen LogP contribution in [0.5, 0.6) is 0 Å². The number of rotatable bonds is 3. The van der Waals surface area contributed by atoms with Crippen molar-refractivity contribution in [2.75, 3.05) is 12.4 Å². The average Bonchev–Trinajstić information content (AvgIpc) is 1.80. The Hall–Kier alpha value is 1.14. The summed E-state index contributed by atoms with van der Waals surface area (Å²) in [7, 11) is 0. The second-order valence-electron chi connectivity index (χ2n) is 1.49. The van der Waals surface area contributed by atoms with Gasteiger partial charge in [-0.2, -0.15) is 0 Å². The quantitative estimate of drug-likeness (QED) is 0.563. The summed E-state index contributed by atoms with van der Waals surface area (Å²) < 4.78 is -1.67. The molecule has 1 unspecified atom stereocenters. The van der Waals surface area contributed by atoms with E-state index in [4.69, 9.17) is 45.0 Å². The molecule has 0 aromatic heterocycles. The van der Waals surface area contributed by atoms with Crippen LogP contribution in [-0.2, 0) is 0 Å². The Balaban J connectivity index is 3.52. The van der Waals surface area contributed by atoms with Crippen molar-refractivity contribution in [3.05, 3.63) is 0 Å². The largest absolute Gasteiger partial charge is 0.396 e. The van der Waals surface area contributed by atoms with Crippen LogP contribution in [0.3, 0.4) is 0 Å². The van der Waals surface area contributed by atoms with E-state index in [-0.39, 0.29) is 6.61 Å². The fourth-order valence-corrected chi connectivity index (χ4v) is 1.34. The van der Waals surface area contributed by atoms with Crippen molar-refractivity contribution in [3.8, 4) is 0 Å². The molecular formula is C4H7Cl3O2S. The van der Waals surface area contributed by atoms with Crippen molar-refractivity contribution >= 4 is 46.6 Å². The highest BCUT2D eigenvalue weighted by atomic mass is 35.6. The molecule has 0 aromatic carbocycles. The summed E-state index contributed by atoms with van der Waals surface area (Å²) in [6, 6.07) is 0. The molecule has 0 aliphatic carbocycles. The molecule has 2 nitrogen and oxygen atoms in total. The SMILES string of the molecule is OCCSC(O)C(Cl)(Cl)Cl. The average molecular weight is 226 g/mol. The molecule has 0 bridgehead atoms. The summed E-state index contributed by atoms with van der Waals surface area (Å²) in [4.78, 5) is 0. The van der Waals surface area contributed by atoms with Crippen molar-refractivity contribution in [3.63, 3.8) is 0 Å². The maximum absolute atomic E-state index is 8.97. The Morgan fingerprint density at radius 1 is 1.40 bits per heavy atom. The van der Waals surface area contributed by atoms with Crippen molar-refractivity contribution in [1.82, 2.24) is 0 Å². The predicted molar refractivity (Wildman–Crippen MR) is 45.8 cm³/mol. The number of hydrogen-bond donors (Lipinski definition) is 2. The van der Waals surface area contributed by atoms with Gasteiger partial charge in [0.05, 0.1) is 6.61 Å². The third-order valence-corrected chi connectivity index (χ3v) is 2.74. The Kier molecular flexibility index (Phi) is 5.47. The zero-order chi connectivity index (χ0) is 8.20. The molecule has 0 rings (SSSR count). The van der Waals surface area contributed by atoms with Crippen LogP contribution in [0.25, 0.3) is 0 Å². The van der Waals surface area contributed by atoms with Gasteiger partial charge in [-0.25, -0.2) is 0 Å². The molecule has 62 valence electrons. The summed E-state index contributed by atoms with van der Waals surface area (Å²) in [5.41, 5.74) is -1.08. The van der Waals surface area contributed by atoms with Gasteiger partial charge in [-0.15, -0.1) is 11.8 Å². The molecule has 0 fully saturated rings. The third kappa shape index (κ3) is 4.88. The van der Waals surface area contributed by atoms with E-state index in [1.54, 1.807) is 0 Å². The lowest BCUT2D eigenvalue weighted by Gasteiger charge is -2.17. The van der Waals surface area contributed by atoms with E-state index in [0.717, 1.165) is 11.8 Å². The number of aliphatic hydroxyl groups is 2. The highest BCUT2D eigenvalue weighted by Crippen LogP contribution is 2.35. The fraction of sp³-hybridized carbons (Fsp3) is 1.00. The summed E-state index contributed by atoms with van der Waals surface area (Å²) in [5, 5.41) is 17.3. The van der Waals surface area contributed by atoms with E-state index in [1.165, 1.54) is 0 Å². The van der Waals surface area contributed by atoms with E-state index in [0.29, 0.717) is 5.75 Å². The van der Waals surface area contributed by atoms with E-state index < -0.39 is 9.23 Å². The minimum Gasteiger partial charge on any atom is -0.396 e. The molecule has 0 spiro atoms. The second kappa shape index (κ2) is 4.91. The summed E-state index contributed by atoms with van der Waals surface area (Å²) in [6.07, 6.45) is 0. The van der Waals surface area contributed by atoms with Crippen LogP contribution in [0.2, 0.25) is 0 Å². The molecule has 1 atom stereocenters. The van der Waals surface area contributed by atoms with Crippen LogP contribution < -0.4 is 0 Å². The van der Waals surface area contributed by atoms with Crippen LogP contribution >= 0.6 is 46.6 Å². The second-order valence-corrected chi connectivity index (χ2v) is 5.05. The molecule has 0 aliphatic heterocycles. The van der Waals surface area contributed by atoms with Gasteiger partial charge in [-0.3, -0.25) is 0 Å². The topological polar surface area (TPSA) is 40.5 Å². The van der Waals surface area contributed by atoms with Crippen molar-refractivity contribution < 1.29 is 10.2 Å². The first-order valence-electron chi connectivity index (χ1n) is 2.45. The van der Waals surface area contributed by atoms with E-state index in [9.17, 15) is 0 Å². The summed E-state index contributed by atoms with van der Waals surface area (Å²) >= 11 is 16.9. The maximum atomic E-state index is 8.97. The van der Waals surface area contributed by atoms with Gasteiger partial charge < -0.3 is 10.2 Å². The Morgan fingerprint density at radius 2 is 1.90 bits per heavy atom. The minimum absolute atomic E-state index is 0.0392. The lowest BCUT2D eigenvalue weighted by atomic mass is 10.8. The normalized spacial score (nSPS) is 15.3. The van der Waals surface area contributed by atoms with Crippen LogP contribution in [0.4, 0.5) is 0 Å². The Bertz CT molecular complexity index is 95.0. The van der Waals surface area contributed by atoms with Gasteiger partial charge in [0.1, 0.15) is 5.44 Å². The third-order valence-electron chi connectivity index (χ3n) is 0.647. The van der Waals surface area contributed by atoms with Gasteiger partial charge in [0.25, 0.3) is 0 Å². The predicted octanol–water partition coefficient (Wildman–Crippen LogP) is 1.40. The summed E-state index contributed by atoms with van der Waals surface area (Å²) in [5.74, 6) is 0.356. The first kappa shape index (κ1) is 11.1. The van der Waals surface area contributed by atoms with Crippen molar-refractivity contribution in [1.29, 1.82) is 0 Å². The van der Waals surface area contributed by atoms with Gasteiger partial charge in [0.2, 0.25) is 3.79 Å². The van der Waals surface area contributed by atoms with Gasteiger partial charge in [-0.05, 0) is 0 Å². The van der Waals surface area contributed by atoms with Crippen molar-refractivity contribution in [2.24, 2.45) is 0 Å². The smallest absolute Gasteiger partial charge is 0.225 e. The monoisotopic (exact) mass is 224 g/mol. The maximum Gasteiger partial charge on any atom is 0.225 e. The number of halogens is 3. The molecular weight excluding hydrogens is 218 g/mol.